The summed E-state index contributed by atoms with van der Waals surface area (Å²) in [5, 5.41) is 17.3. The second-order valence-electron chi connectivity index (χ2n) is 6.57. The van der Waals surface area contributed by atoms with Crippen LogP contribution in [0.25, 0.3) is 0 Å². The van der Waals surface area contributed by atoms with Gasteiger partial charge in [-0.05, 0) is 63.2 Å². The molecule has 0 atom stereocenters. The maximum atomic E-state index is 8.63. The van der Waals surface area contributed by atoms with Crippen LogP contribution < -0.4 is 0 Å². The van der Waals surface area contributed by atoms with Gasteiger partial charge in [-0.3, -0.25) is 0 Å². The van der Waals surface area contributed by atoms with Crippen molar-refractivity contribution in [2.75, 3.05) is 19.6 Å². The van der Waals surface area contributed by atoms with E-state index in [-0.39, 0.29) is 0 Å². The largest absolute Gasteiger partial charge is 0.508 e. The standard InChI is InChI=1S/C12H27N.2C6H6O/c1-4-7-10-13(11-8-5-2)12-9-6-3;2*7-6-4-2-1-3-5-6/h4-12H2,1-3H3;2*1-5,7H. The molecule has 0 saturated carbocycles. The smallest absolute Gasteiger partial charge is 0.115 e. The Morgan fingerprint density at radius 2 is 0.852 bits per heavy atom. The zero-order valence-corrected chi connectivity index (χ0v) is 17.5. The lowest BCUT2D eigenvalue weighted by Crippen LogP contribution is -2.27. The Hall–Kier alpha value is -2.00. The quantitative estimate of drug-likeness (QED) is 0.529. The van der Waals surface area contributed by atoms with E-state index in [1.54, 1.807) is 48.5 Å². The molecule has 0 heterocycles. The van der Waals surface area contributed by atoms with Crippen LogP contribution in [0.4, 0.5) is 0 Å². The molecule has 0 bridgehead atoms. The normalized spacial score (nSPS) is 9.78. The maximum Gasteiger partial charge on any atom is 0.115 e. The highest BCUT2D eigenvalue weighted by molar-refractivity contribution is 5.19. The van der Waals surface area contributed by atoms with E-state index in [2.05, 4.69) is 25.7 Å². The van der Waals surface area contributed by atoms with Gasteiger partial charge in [-0.25, -0.2) is 0 Å². The predicted molar refractivity (Wildman–Crippen MR) is 117 cm³/mol. The maximum absolute atomic E-state index is 8.63. The van der Waals surface area contributed by atoms with Crippen LogP contribution in [-0.2, 0) is 0 Å². The molecule has 0 saturated heterocycles. The van der Waals surface area contributed by atoms with Gasteiger partial charge in [0.15, 0.2) is 0 Å². The molecular formula is C24H39NO2. The van der Waals surface area contributed by atoms with Gasteiger partial charge in [0.25, 0.3) is 0 Å². The van der Waals surface area contributed by atoms with Crippen molar-refractivity contribution < 1.29 is 10.2 Å². The number of hydrogen-bond acceptors (Lipinski definition) is 3. The van der Waals surface area contributed by atoms with E-state index in [9.17, 15) is 0 Å². The average Bonchev–Trinajstić information content (AvgIpc) is 2.69. The van der Waals surface area contributed by atoms with Gasteiger partial charge < -0.3 is 15.1 Å². The van der Waals surface area contributed by atoms with Gasteiger partial charge in [-0.2, -0.15) is 0 Å². The Balaban J connectivity index is 0.000000405. The lowest BCUT2D eigenvalue weighted by atomic mass is 10.2. The van der Waals surface area contributed by atoms with Crippen molar-refractivity contribution in [1.29, 1.82) is 0 Å². The summed E-state index contributed by atoms with van der Waals surface area (Å²) in [6, 6.07) is 17.4. The molecule has 0 aliphatic heterocycles. The second kappa shape index (κ2) is 18.8. The third-order valence-corrected chi connectivity index (χ3v) is 4.00. The first-order chi connectivity index (χ1) is 13.1. The van der Waals surface area contributed by atoms with Crippen LogP contribution in [0.2, 0.25) is 0 Å². The summed E-state index contributed by atoms with van der Waals surface area (Å²) in [4.78, 5) is 2.64. The Bertz CT molecular complexity index is 460. The highest BCUT2D eigenvalue weighted by Gasteiger charge is 2.01. The van der Waals surface area contributed by atoms with Gasteiger partial charge in [0.1, 0.15) is 11.5 Å². The van der Waals surface area contributed by atoms with Crippen molar-refractivity contribution in [3.8, 4) is 11.5 Å². The minimum absolute atomic E-state index is 0.322. The number of benzene rings is 2. The highest BCUT2D eigenvalue weighted by Crippen LogP contribution is 2.03. The van der Waals surface area contributed by atoms with Crippen molar-refractivity contribution in [3.63, 3.8) is 0 Å². The zero-order valence-electron chi connectivity index (χ0n) is 17.5. The van der Waals surface area contributed by atoms with E-state index in [0.29, 0.717) is 11.5 Å². The highest BCUT2D eigenvalue weighted by atomic mass is 16.3. The summed E-state index contributed by atoms with van der Waals surface area (Å²) in [5.41, 5.74) is 0. The Morgan fingerprint density at radius 3 is 1.04 bits per heavy atom. The van der Waals surface area contributed by atoms with Gasteiger partial charge in [0.2, 0.25) is 0 Å². The number of aromatic hydroxyl groups is 2. The molecule has 3 nitrogen and oxygen atoms in total. The van der Waals surface area contributed by atoms with Crippen molar-refractivity contribution in [2.45, 2.75) is 59.3 Å². The van der Waals surface area contributed by atoms with Gasteiger partial charge in [0, 0.05) is 0 Å². The lowest BCUT2D eigenvalue weighted by molar-refractivity contribution is 0.261. The monoisotopic (exact) mass is 373 g/mol. The van der Waals surface area contributed by atoms with Crippen LogP contribution in [0, 0.1) is 0 Å². The van der Waals surface area contributed by atoms with E-state index in [4.69, 9.17) is 10.2 Å². The van der Waals surface area contributed by atoms with E-state index in [1.807, 2.05) is 12.1 Å². The molecule has 2 aromatic rings. The van der Waals surface area contributed by atoms with Crippen LogP contribution in [-0.4, -0.2) is 34.7 Å². The first-order valence-electron chi connectivity index (χ1n) is 10.3. The molecule has 0 spiro atoms. The van der Waals surface area contributed by atoms with E-state index in [1.165, 1.54) is 58.2 Å². The van der Waals surface area contributed by atoms with E-state index in [0.717, 1.165) is 0 Å². The molecule has 2 rings (SSSR count). The minimum atomic E-state index is 0.322. The Morgan fingerprint density at radius 1 is 0.556 bits per heavy atom. The van der Waals surface area contributed by atoms with Crippen molar-refractivity contribution in [2.24, 2.45) is 0 Å². The van der Waals surface area contributed by atoms with Crippen molar-refractivity contribution in [1.82, 2.24) is 4.90 Å². The van der Waals surface area contributed by atoms with Gasteiger partial charge >= 0.3 is 0 Å². The summed E-state index contributed by atoms with van der Waals surface area (Å²) >= 11 is 0. The first-order valence-corrected chi connectivity index (χ1v) is 10.3. The zero-order chi connectivity index (χ0) is 20.2. The number of phenols is 2. The van der Waals surface area contributed by atoms with Gasteiger partial charge in [-0.15, -0.1) is 0 Å². The molecule has 2 N–H and O–H groups in total. The summed E-state index contributed by atoms with van der Waals surface area (Å²) in [5.74, 6) is 0.644. The third-order valence-electron chi connectivity index (χ3n) is 4.00. The molecule has 0 unspecified atom stereocenters. The topological polar surface area (TPSA) is 43.7 Å². The number of phenolic OH excluding ortho intramolecular Hbond substituents is 2. The fraction of sp³-hybridized carbons (Fsp3) is 0.500. The third kappa shape index (κ3) is 17.2. The van der Waals surface area contributed by atoms with Crippen molar-refractivity contribution >= 4 is 0 Å². The van der Waals surface area contributed by atoms with Crippen LogP contribution in [0.15, 0.2) is 60.7 Å². The van der Waals surface area contributed by atoms with Crippen LogP contribution in [0.1, 0.15) is 59.3 Å². The molecule has 3 heteroatoms. The summed E-state index contributed by atoms with van der Waals surface area (Å²) in [6.45, 7) is 10.8. The average molecular weight is 374 g/mol. The molecule has 0 radical (unpaired) electrons. The fourth-order valence-corrected chi connectivity index (χ4v) is 2.34. The van der Waals surface area contributed by atoms with Crippen LogP contribution in [0.3, 0.4) is 0 Å². The molecular weight excluding hydrogens is 334 g/mol. The Labute approximate surface area is 166 Å². The van der Waals surface area contributed by atoms with Gasteiger partial charge in [0.05, 0.1) is 0 Å². The SMILES string of the molecule is CCCCN(CCCC)CCCC.Oc1ccccc1.Oc1ccccc1. The van der Waals surface area contributed by atoms with Gasteiger partial charge in [-0.1, -0.05) is 76.4 Å². The fourth-order valence-electron chi connectivity index (χ4n) is 2.34. The molecule has 0 amide bonds. The predicted octanol–water partition coefficient (Wildman–Crippen LogP) is 6.47. The molecule has 0 aliphatic rings. The molecule has 152 valence electrons. The number of hydrogen-bond donors (Lipinski definition) is 2. The second-order valence-corrected chi connectivity index (χ2v) is 6.57. The summed E-state index contributed by atoms with van der Waals surface area (Å²) in [7, 11) is 0. The molecule has 2 aromatic carbocycles. The minimum Gasteiger partial charge on any atom is -0.508 e. The molecule has 27 heavy (non-hydrogen) atoms. The first kappa shape index (κ1) is 25.0. The summed E-state index contributed by atoms with van der Waals surface area (Å²) in [6.07, 6.45) is 8.09. The van der Waals surface area contributed by atoms with E-state index < -0.39 is 0 Å². The number of rotatable bonds is 9. The number of para-hydroxylation sites is 2. The van der Waals surface area contributed by atoms with E-state index >= 15 is 0 Å². The number of nitrogens with zero attached hydrogens (tertiary/aromatic N) is 1. The van der Waals surface area contributed by atoms with Crippen molar-refractivity contribution in [3.05, 3.63) is 60.7 Å². The number of unbranched alkanes of at least 4 members (excludes halogenated alkanes) is 3. The van der Waals surface area contributed by atoms with Crippen LogP contribution in [0.5, 0.6) is 11.5 Å². The lowest BCUT2D eigenvalue weighted by Gasteiger charge is -2.21. The summed E-state index contributed by atoms with van der Waals surface area (Å²) < 4.78 is 0. The molecule has 0 fully saturated rings. The molecule has 0 aromatic heterocycles. The Kier molecular flexibility index (Phi) is 17.4. The molecule has 0 aliphatic carbocycles. The van der Waals surface area contributed by atoms with Crippen LogP contribution >= 0.6 is 0 Å².